The maximum Gasteiger partial charge on any atom is 0.197 e. The average molecular weight is 867 g/mol. The van der Waals surface area contributed by atoms with E-state index in [0.717, 1.165) is 27.8 Å². The molecule has 9 heteroatoms. The van der Waals surface area contributed by atoms with E-state index in [1.807, 2.05) is 182 Å². The minimum atomic E-state index is -1.37. The number of ether oxygens (including phenoxy) is 6. The van der Waals surface area contributed by atoms with E-state index in [9.17, 15) is 9.90 Å². The molecule has 0 aliphatic carbocycles. The van der Waals surface area contributed by atoms with Crippen molar-refractivity contribution in [1.29, 1.82) is 0 Å². The second kappa shape index (κ2) is 21.2. The highest BCUT2D eigenvalue weighted by molar-refractivity contribution is 5.90. The zero-order valence-corrected chi connectivity index (χ0v) is 35.8. The molecule has 0 unspecified atom stereocenters. The van der Waals surface area contributed by atoms with Crippen molar-refractivity contribution in [2.24, 2.45) is 0 Å². The van der Waals surface area contributed by atoms with Crippen molar-refractivity contribution < 1.29 is 37.9 Å². The Morgan fingerprint density at radius 2 is 0.938 bits per heavy atom. The molecule has 8 aromatic rings. The Morgan fingerprint density at radius 1 is 0.492 bits per heavy atom. The second-order valence-electron chi connectivity index (χ2n) is 16.0. The summed E-state index contributed by atoms with van der Waals surface area (Å²) in [5, 5.41) is 13.1. The van der Waals surface area contributed by atoms with Crippen molar-refractivity contribution in [3.8, 4) is 22.8 Å². The Hall–Kier alpha value is -6.85. The van der Waals surface area contributed by atoms with E-state index >= 15 is 0 Å². The topological polar surface area (TPSA) is 106 Å². The molecule has 1 N–H and O–H groups in total. The van der Waals surface area contributed by atoms with E-state index in [1.54, 1.807) is 6.07 Å². The molecule has 9 nitrogen and oxygen atoms in total. The predicted molar refractivity (Wildman–Crippen MR) is 249 cm³/mol. The first-order chi connectivity index (χ1) is 32.1. The van der Waals surface area contributed by atoms with E-state index < -0.39 is 30.5 Å². The summed E-state index contributed by atoms with van der Waals surface area (Å²) < 4.78 is 47.1. The van der Waals surface area contributed by atoms with Crippen LogP contribution in [0.4, 0.5) is 0 Å². The standard InChI is InChI=1S/C56H50O9/c57-45-31-46(44-29-17-6-18-30-44)64-54-50(45)47(60-34-40-21-9-2-10-22-40)32-48(61-35-41-23-11-3-12-24-41)51(54)55-52(58)56(63-37-43-27-15-5-16-28-43)53(62-36-42-25-13-4-14-26-42)49(65-55)38-59-33-39-19-7-1-8-20-39/h1-32,49,52-53,55-56,58H,33-38H2/t49-,52+,53-,55+,56-/m1/s1. The van der Waals surface area contributed by atoms with Gasteiger partial charge in [-0.15, -0.1) is 0 Å². The van der Waals surface area contributed by atoms with E-state index in [-0.39, 0.29) is 55.2 Å². The van der Waals surface area contributed by atoms with Crippen molar-refractivity contribution in [2.45, 2.75) is 63.6 Å². The van der Waals surface area contributed by atoms with Crippen LogP contribution in [0.25, 0.3) is 22.3 Å². The summed E-state index contributed by atoms with van der Waals surface area (Å²) in [6.45, 7) is 1.12. The van der Waals surface area contributed by atoms with Gasteiger partial charge in [0, 0.05) is 17.7 Å². The van der Waals surface area contributed by atoms with Crippen molar-refractivity contribution in [2.75, 3.05) is 6.61 Å². The summed E-state index contributed by atoms with van der Waals surface area (Å²) in [5.41, 5.74) is 5.50. The Bertz CT molecular complexity index is 2770. The molecule has 1 aliphatic heterocycles. The minimum Gasteiger partial charge on any atom is -0.488 e. The molecule has 9 rings (SSSR count). The number of fused-ring (bicyclic) bond motifs is 1. The highest BCUT2D eigenvalue weighted by atomic mass is 16.6. The first kappa shape index (κ1) is 43.4. The van der Waals surface area contributed by atoms with Crippen LogP contribution in [0.15, 0.2) is 203 Å². The third-order valence-corrected chi connectivity index (χ3v) is 11.4. The zero-order valence-electron chi connectivity index (χ0n) is 35.8. The summed E-state index contributed by atoms with van der Waals surface area (Å²) in [4.78, 5) is 14.6. The van der Waals surface area contributed by atoms with Gasteiger partial charge in [-0.1, -0.05) is 182 Å². The summed E-state index contributed by atoms with van der Waals surface area (Å²) in [6, 6.07) is 61.6. The molecule has 1 saturated heterocycles. The fourth-order valence-electron chi connectivity index (χ4n) is 8.11. The molecule has 7 aromatic carbocycles. The van der Waals surface area contributed by atoms with Gasteiger partial charge in [-0.3, -0.25) is 4.79 Å². The van der Waals surface area contributed by atoms with Crippen molar-refractivity contribution in [3.63, 3.8) is 0 Å². The van der Waals surface area contributed by atoms with Gasteiger partial charge in [0.1, 0.15) is 66.4 Å². The van der Waals surface area contributed by atoms with Crippen molar-refractivity contribution >= 4 is 11.0 Å². The lowest BCUT2D eigenvalue weighted by atomic mass is 9.89. The van der Waals surface area contributed by atoms with Gasteiger partial charge >= 0.3 is 0 Å². The van der Waals surface area contributed by atoms with Crippen LogP contribution in [0.1, 0.15) is 39.5 Å². The summed E-state index contributed by atoms with van der Waals surface area (Å²) in [6.07, 6.45) is -5.09. The highest BCUT2D eigenvalue weighted by Gasteiger charge is 2.49. The zero-order chi connectivity index (χ0) is 44.2. The second-order valence-corrected chi connectivity index (χ2v) is 16.0. The predicted octanol–water partition coefficient (Wildman–Crippen LogP) is 10.8. The lowest BCUT2D eigenvalue weighted by molar-refractivity contribution is -0.263. The van der Waals surface area contributed by atoms with Crippen LogP contribution in [0.5, 0.6) is 11.5 Å². The molecule has 1 aromatic heterocycles. The maximum atomic E-state index is 14.6. The first-order valence-corrected chi connectivity index (χ1v) is 21.9. The number of hydrogen-bond acceptors (Lipinski definition) is 9. The van der Waals surface area contributed by atoms with Crippen LogP contribution >= 0.6 is 0 Å². The normalized spacial score (nSPS) is 18.3. The number of rotatable bonds is 18. The largest absolute Gasteiger partial charge is 0.488 e. The molecular weight excluding hydrogens is 817 g/mol. The fraction of sp³-hybridized carbons (Fsp3) is 0.196. The third-order valence-electron chi connectivity index (χ3n) is 11.4. The Balaban J connectivity index is 1.19. The molecule has 1 aliphatic rings. The van der Waals surface area contributed by atoms with Crippen LogP contribution in [0.2, 0.25) is 0 Å². The average Bonchev–Trinajstić information content (AvgIpc) is 3.36. The van der Waals surface area contributed by atoms with Gasteiger partial charge < -0.3 is 37.9 Å². The molecule has 0 amide bonds. The molecule has 1 fully saturated rings. The molecule has 0 spiro atoms. The number of aliphatic hydroxyl groups is 1. The van der Waals surface area contributed by atoms with Crippen molar-refractivity contribution in [3.05, 3.63) is 238 Å². The van der Waals surface area contributed by atoms with E-state index in [2.05, 4.69) is 0 Å². The highest BCUT2D eigenvalue weighted by Crippen LogP contribution is 2.46. The number of benzene rings is 7. The summed E-state index contributed by atoms with van der Waals surface area (Å²) in [5.74, 6) is 0.891. The van der Waals surface area contributed by atoms with E-state index in [1.165, 1.54) is 6.07 Å². The van der Waals surface area contributed by atoms with Crippen LogP contribution in [0.3, 0.4) is 0 Å². The minimum absolute atomic E-state index is 0.0817. The van der Waals surface area contributed by atoms with Gasteiger partial charge in [-0.2, -0.15) is 0 Å². The van der Waals surface area contributed by atoms with Gasteiger partial charge in [0.2, 0.25) is 0 Å². The van der Waals surface area contributed by atoms with E-state index in [4.69, 9.17) is 32.8 Å². The van der Waals surface area contributed by atoms with Gasteiger partial charge in [0.05, 0.1) is 32.0 Å². The Kier molecular flexibility index (Phi) is 14.2. The lowest BCUT2D eigenvalue weighted by Gasteiger charge is -2.45. The van der Waals surface area contributed by atoms with E-state index in [0.29, 0.717) is 29.2 Å². The molecule has 0 radical (unpaired) electrons. The molecule has 65 heavy (non-hydrogen) atoms. The van der Waals surface area contributed by atoms with Gasteiger partial charge in [0.15, 0.2) is 11.0 Å². The molecule has 5 atom stereocenters. The third kappa shape index (κ3) is 10.8. The van der Waals surface area contributed by atoms with Crippen LogP contribution in [0, 0.1) is 0 Å². The maximum absolute atomic E-state index is 14.6. The molecule has 328 valence electrons. The van der Waals surface area contributed by atoms with Crippen LogP contribution in [-0.4, -0.2) is 36.1 Å². The SMILES string of the molecule is O=c1cc(-c2ccccc2)oc2c([C@@H]3O[C@H](COCc4ccccc4)[C@@H](OCc4ccccc4)[C@H](OCc4ccccc4)[C@H]3O)c(OCc3ccccc3)cc(OCc3ccccc3)c12. The smallest absolute Gasteiger partial charge is 0.197 e. The quantitative estimate of drug-likeness (QED) is 0.0902. The summed E-state index contributed by atoms with van der Waals surface area (Å²) >= 11 is 0. The number of aliphatic hydroxyl groups excluding tert-OH is 1. The first-order valence-electron chi connectivity index (χ1n) is 21.9. The molecular formula is C56H50O9. The van der Waals surface area contributed by atoms with Gasteiger partial charge in [-0.25, -0.2) is 0 Å². The lowest BCUT2D eigenvalue weighted by Crippen LogP contribution is -2.57. The van der Waals surface area contributed by atoms with Gasteiger partial charge in [-0.05, 0) is 27.8 Å². The number of hydrogen-bond donors (Lipinski definition) is 1. The van der Waals surface area contributed by atoms with Crippen LogP contribution < -0.4 is 14.9 Å². The summed E-state index contributed by atoms with van der Waals surface area (Å²) in [7, 11) is 0. The van der Waals surface area contributed by atoms with Crippen molar-refractivity contribution in [1.82, 2.24) is 0 Å². The molecule has 0 bridgehead atoms. The Labute approximate surface area is 378 Å². The monoisotopic (exact) mass is 866 g/mol. The van der Waals surface area contributed by atoms with Gasteiger partial charge in [0.25, 0.3) is 0 Å². The Morgan fingerprint density at radius 3 is 1.46 bits per heavy atom. The molecule has 0 saturated carbocycles. The van der Waals surface area contributed by atoms with Crippen LogP contribution in [-0.2, 0) is 52.0 Å². The molecule has 2 heterocycles. The fourth-order valence-corrected chi connectivity index (χ4v) is 8.11.